The van der Waals surface area contributed by atoms with Gasteiger partial charge in [0.1, 0.15) is 0 Å². The number of nitrogens with two attached hydrogens (primary N) is 1. The van der Waals surface area contributed by atoms with Crippen molar-refractivity contribution in [2.24, 2.45) is 0 Å². The summed E-state index contributed by atoms with van der Waals surface area (Å²) in [7, 11) is 0. The predicted molar refractivity (Wildman–Crippen MR) is 83.2 cm³/mol. The molecule has 4 nitrogen and oxygen atoms in total. The molecule has 0 bridgehead atoms. The van der Waals surface area contributed by atoms with E-state index in [0.717, 1.165) is 3.57 Å². The molecule has 0 saturated heterocycles. The average Bonchev–Trinajstić information content (AvgIpc) is 2.39. The second-order valence-corrected chi connectivity index (χ2v) is 5.44. The Balaban J connectivity index is 2.60. The van der Waals surface area contributed by atoms with E-state index in [9.17, 15) is 9.59 Å². The Kier molecular flexibility index (Phi) is 3.93. The van der Waals surface area contributed by atoms with Crippen LogP contribution in [-0.2, 0) is 0 Å². The van der Waals surface area contributed by atoms with Gasteiger partial charge >= 0.3 is 0 Å². The molecule has 2 N–H and O–H groups in total. The zero-order valence-corrected chi connectivity index (χ0v) is 13.0. The second kappa shape index (κ2) is 5.32. The molecule has 0 aliphatic heterocycles. The van der Waals surface area contributed by atoms with Gasteiger partial charge in [-0.3, -0.25) is 9.59 Å². The first kappa shape index (κ1) is 14.0. The molecule has 0 heterocycles. The van der Waals surface area contributed by atoms with Gasteiger partial charge in [0.15, 0.2) is 5.78 Å². The molecule has 0 unspecified atom stereocenters. The molecule has 0 spiro atoms. The fourth-order valence-electron chi connectivity index (χ4n) is 2.24. The number of hydrogen-bond donors (Lipinski definition) is 1. The van der Waals surface area contributed by atoms with Gasteiger partial charge in [-0.2, -0.15) is 0 Å². The van der Waals surface area contributed by atoms with Gasteiger partial charge in [-0.1, -0.05) is 0 Å². The van der Waals surface area contributed by atoms with Crippen molar-refractivity contribution in [2.45, 2.75) is 13.8 Å². The van der Waals surface area contributed by atoms with Crippen LogP contribution in [0.3, 0.4) is 0 Å². The molecule has 1 aliphatic carbocycles. The molecule has 0 fully saturated rings. The molecule has 19 heavy (non-hydrogen) atoms. The predicted octanol–water partition coefficient (Wildman–Crippen LogP) is 2.48. The molecule has 1 aliphatic rings. The van der Waals surface area contributed by atoms with Crippen LogP contribution in [0.1, 0.15) is 34.6 Å². The minimum Gasteiger partial charge on any atom is -0.397 e. The number of fused-ring (bicyclic) bond motifs is 1. The van der Waals surface area contributed by atoms with Gasteiger partial charge in [-0.05, 0) is 48.6 Å². The van der Waals surface area contributed by atoms with Crippen LogP contribution in [0.4, 0.5) is 5.69 Å². The van der Waals surface area contributed by atoms with Crippen LogP contribution in [-0.4, -0.2) is 29.6 Å². The molecule has 1 aromatic rings. The number of carbonyl (C=O) groups is 2. The summed E-state index contributed by atoms with van der Waals surface area (Å²) in [5.41, 5.74) is 7.56. The van der Waals surface area contributed by atoms with Crippen molar-refractivity contribution in [1.29, 1.82) is 0 Å². The first-order valence-corrected chi connectivity index (χ1v) is 7.22. The maximum Gasteiger partial charge on any atom is 0.212 e. The molecule has 0 aromatic heterocycles. The van der Waals surface area contributed by atoms with Crippen molar-refractivity contribution in [1.82, 2.24) is 4.90 Å². The van der Waals surface area contributed by atoms with Crippen molar-refractivity contribution in [3.63, 3.8) is 0 Å². The molecule has 1 aromatic carbocycles. The summed E-state index contributed by atoms with van der Waals surface area (Å²) in [6, 6.07) is 3.43. The second-order valence-electron chi connectivity index (χ2n) is 4.28. The highest BCUT2D eigenvalue weighted by Crippen LogP contribution is 2.30. The van der Waals surface area contributed by atoms with E-state index in [0.29, 0.717) is 35.6 Å². The maximum absolute atomic E-state index is 12.5. The Morgan fingerprint density at radius 1 is 1.21 bits per heavy atom. The van der Waals surface area contributed by atoms with E-state index in [1.54, 1.807) is 12.1 Å². The third-order valence-electron chi connectivity index (χ3n) is 3.29. The Morgan fingerprint density at radius 3 is 2.42 bits per heavy atom. The van der Waals surface area contributed by atoms with E-state index in [1.807, 2.05) is 18.7 Å². The van der Waals surface area contributed by atoms with Crippen molar-refractivity contribution in [2.75, 3.05) is 18.8 Å². The Labute approximate surface area is 125 Å². The number of ketones is 2. The van der Waals surface area contributed by atoms with Gasteiger partial charge in [0.2, 0.25) is 5.78 Å². The van der Waals surface area contributed by atoms with Gasteiger partial charge in [-0.15, -0.1) is 0 Å². The standard InChI is InChI=1S/C14H15IN2O2/c1-3-17(4-2)10-7-11(18)8-5-6-9(15)13(16)12(8)14(10)19/h5-7H,3-4,16H2,1-2H3. The van der Waals surface area contributed by atoms with E-state index in [-0.39, 0.29) is 11.6 Å². The van der Waals surface area contributed by atoms with Crippen LogP contribution in [0.5, 0.6) is 0 Å². The van der Waals surface area contributed by atoms with Crippen LogP contribution in [0, 0.1) is 3.57 Å². The van der Waals surface area contributed by atoms with Crippen LogP contribution in [0.2, 0.25) is 0 Å². The molecule has 0 amide bonds. The highest BCUT2D eigenvalue weighted by Gasteiger charge is 2.30. The normalized spacial score (nSPS) is 14.2. The monoisotopic (exact) mass is 370 g/mol. The molecule has 0 saturated carbocycles. The summed E-state index contributed by atoms with van der Waals surface area (Å²) in [6.07, 6.45) is 1.42. The molecular weight excluding hydrogens is 355 g/mol. The minimum atomic E-state index is -0.158. The maximum atomic E-state index is 12.5. The lowest BCUT2D eigenvalue weighted by molar-refractivity contribution is 0.0954. The first-order valence-electron chi connectivity index (χ1n) is 6.14. The lowest BCUT2D eigenvalue weighted by Crippen LogP contribution is -2.32. The summed E-state index contributed by atoms with van der Waals surface area (Å²) in [4.78, 5) is 26.6. The fourth-order valence-corrected chi connectivity index (χ4v) is 2.69. The number of nitrogen functional groups attached to an aromatic ring is 1. The fraction of sp³-hybridized carbons (Fsp3) is 0.286. The van der Waals surface area contributed by atoms with Crippen molar-refractivity contribution in [3.8, 4) is 0 Å². The number of carbonyl (C=O) groups excluding carboxylic acids is 2. The number of allylic oxidation sites excluding steroid dienone is 2. The highest BCUT2D eigenvalue weighted by atomic mass is 127. The largest absolute Gasteiger partial charge is 0.397 e. The van der Waals surface area contributed by atoms with E-state index in [2.05, 4.69) is 22.6 Å². The van der Waals surface area contributed by atoms with Crippen LogP contribution in [0.25, 0.3) is 0 Å². The summed E-state index contributed by atoms with van der Waals surface area (Å²) >= 11 is 2.07. The SMILES string of the molecule is CCN(CC)C1=CC(=O)c2ccc(I)c(N)c2C1=O. The Hall–Kier alpha value is -1.37. The zero-order valence-electron chi connectivity index (χ0n) is 10.9. The van der Waals surface area contributed by atoms with Gasteiger partial charge in [0.25, 0.3) is 0 Å². The van der Waals surface area contributed by atoms with E-state index in [4.69, 9.17) is 5.73 Å². The smallest absolute Gasteiger partial charge is 0.212 e. The minimum absolute atomic E-state index is 0.153. The lowest BCUT2D eigenvalue weighted by atomic mass is 9.90. The van der Waals surface area contributed by atoms with Gasteiger partial charge in [0, 0.05) is 28.3 Å². The van der Waals surface area contributed by atoms with Crippen LogP contribution < -0.4 is 5.73 Å². The summed E-state index contributed by atoms with van der Waals surface area (Å²) in [5.74, 6) is -0.311. The van der Waals surface area contributed by atoms with E-state index in [1.165, 1.54) is 6.08 Å². The molecule has 100 valence electrons. The number of halogens is 1. The Bertz CT molecular complexity index is 589. The van der Waals surface area contributed by atoms with E-state index >= 15 is 0 Å². The van der Waals surface area contributed by atoms with E-state index < -0.39 is 0 Å². The molecule has 2 rings (SSSR count). The molecule has 0 radical (unpaired) electrons. The van der Waals surface area contributed by atoms with Crippen molar-refractivity contribution in [3.05, 3.63) is 38.6 Å². The highest BCUT2D eigenvalue weighted by molar-refractivity contribution is 14.1. The van der Waals surface area contributed by atoms with Crippen LogP contribution in [0.15, 0.2) is 23.9 Å². The van der Waals surface area contributed by atoms with Crippen molar-refractivity contribution < 1.29 is 9.59 Å². The molecule has 5 heteroatoms. The third-order valence-corrected chi connectivity index (χ3v) is 4.23. The summed E-state index contributed by atoms with van der Waals surface area (Å²) < 4.78 is 0.790. The van der Waals surface area contributed by atoms with Gasteiger partial charge in [0.05, 0.1) is 16.9 Å². The summed E-state index contributed by atoms with van der Waals surface area (Å²) in [6.45, 7) is 5.27. The number of hydrogen-bond acceptors (Lipinski definition) is 4. The number of rotatable bonds is 3. The number of benzene rings is 1. The topological polar surface area (TPSA) is 63.4 Å². The summed E-state index contributed by atoms with van der Waals surface area (Å²) in [5, 5.41) is 0. The quantitative estimate of drug-likeness (QED) is 0.656. The number of likely N-dealkylation sites (N-methyl/N-ethyl adjacent to an activating group) is 1. The van der Waals surface area contributed by atoms with Crippen molar-refractivity contribution >= 4 is 39.8 Å². The zero-order chi connectivity index (χ0) is 14.2. The first-order chi connectivity index (χ1) is 9.01. The molecular formula is C14H15IN2O2. The van der Waals surface area contributed by atoms with Gasteiger partial charge in [-0.25, -0.2) is 0 Å². The Morgan fingerprint density at radius 2 is 1.84 bits per heavy atom. The number of Topliss-reactive ketones (excluding diaryl/α,β-unsaturated/α-hetero) is 1. The third kappa shape index (κ3) is 2.27. The average molecular weight is 370 g/mol. The van der Waals surface area contributed by atoms with Crippen LogP contribution >= 0.6 is 22.6 Å². The number of nitrogens with zero attached hydrogens (tertiary/aromatic N) is 1. The lowest BCUT2D eigenvalue weighted by Gasteiger charge is -2.27. The molecule has 0 atom stereocenters. The van der Waals surface area contributed by atoms with Gasteiger partial charge < -0.3 is 10.6 Å². The number of anilines is 1.